The lowest BCUT2D eigenvalue weighted by molar-refractivity contribution is -0.108. The van der Waals surface area contributed by atoms with E-state index >= 15 is 0 Å². The molecule has 0 atom stereocenters. The number of aryl methyl sites for hydroxylation is 2. The van der Waals surface area contributed by atoms with E-state index < -0.39 is 0 Å². The second-order valence-electron chi connectivity index (χ2n) is 3.36. The predicted molar refractivity (Wildman–Crippen MR) is 56.9 cm³/mol. The molecule has 0 N–H and O–H groups in total. The van der Waals surface area contributed by atoms with Crippen LogP contribution in [0.2, 0.25) is 0 Å². The van der Waals surface area contributed by atoms with Gasteiger partial charge in [0, 0.05) is 6.42 Å². The second-order valence-corrected chi connectivity index (χ2v) is 3.36. The van der Waals surface area contributed by atoms with Crippen LogP contribution in [0.5, 0.6) is 0 Å². The normalized spacial score (nSPS) is 9.73. The second kappa shape index (κ2) is 5.29. The molecule has 1 rings (SSSR count). The molecular formula is C12H14O3. The van der Waals surface area contributed by atoms with Gasteiger partial charge in [0.1, 0.15) is 6.29 Å². The van der Waals surface area contributed by atoms with Crippen LogP contribution in [0.3, 0.4) is 0 Å². The Labute approximate surface area is 89.1 Å². The number of benzene rings is 1. The average molecular weight is 206 g/mol. The van der Waals surface area contributed by atoms with Gasteiger partial charge in [0.05, 0.1) is 12.2 Å². The molecule has 0 aliphatic heterocycles. The maximum absolute atomic E-state index is 11.6. The average Bonchev–Trinajstić information content (AvgIpc) is 2.18. The molecule has 80 valence electrons. The number of hydrogen-bond donors (Lipinski definition) is 0. The standard InChI is InChI=1S/C12H14O3/c1-9-5-3-6-10(2)11(9)12(14)15-8-4-7-13/h3,5-7H,4,8H2,1-2H3. The Hall–Kier alpha value is -1.64. The van der Waals surface area contributed by atoms with Crippen molar-refractivity contribution in [2.75, 3.05) is 6.61 Å². The highest BCUT2D eigenvalue weighted by Crippen LogP contribution is 2.14. The molecule has 0 bridgehead atoms. The van der Waals surface area contributed by atoms with Crippen molar-refractivity contribution in [2.45, 2.75) is 20.3 Å². The number of esters is 1. The maximum Gasteiger partial charge on any atom is 0.338 e. The van der Waals surface area contributed by atoms with E-state index in [2.05, 4.69) is 0 Å². The van der Waals surface area contributed by atoms with E-state index in [0.29, 0.717) is 5.56 Å². The SMILES string of the molecule is Cc1cccc(C)c1C(=O)OCCC=O. The van der Waals surface area contributed by atoms with E-state index in [-0.39, 0.29) is 19.0 Å². The Kier molecular flexibility index (Phi) is 4.03. The number of ether oxygens (including phenoxy) is 1. The van der Waals surface area contributed by atoms with Crippen LogP contribution in [0.15, 0.2) is 18.2 Å². The van der Waals surface area contributed by atoms with Gasteiger partial charge in [-0.1, -0.05) is 18.2 Å². The third-order valence-electron chi connectivity index (χ3n) is 2.15. The summed E-state index contributed by atoms with van der Waals surface area (Å²) in [6.07, 6.45) is 0.981. The minimum atomic E-state index is -0.354. The fraction of sp³-hybridized carbons (Fsp3) is 0.333. The number of carbonyl (C=O) groups is 2. The van der Waals surface area contributed by atoms with Crippen LogP contribution >= 0.6 is 0 Å². The fourth-order valence-electron chi connectivity index (χ4n) is 1.41. The minimum Gasteiger partial charge on any atom is -0.462 e. The predicted octanol–water partition coefficient (Wildman–Crippen LogP) is 2.05. The van der Waals surface area contributed by atoms with Gasteiger partial charge in [-0.05, 0) is 25.0 Å². The number of carbonyl (C=O) groups excluding carboxylic acids is 2. The maximum atomic E-state index is 11.6. The molecule has 1 aromatic carbocycles. The molecule has 1 aromatic rings. The van der Waals surface area contributed by atoms with Crippen LogP contribution in [0.25, 0.3) is 0 Å². The van der Waals surface area contributed by atoms with Crippen LogP contribution in [-0.4, -0.2) is 18.9 Å². The van der Waals surface area contributed by atoms with Crippen LogP contribution < -0.4 is 0 Å². The highest BCUT2D eigenvalue weighted by atomic mass is 16.5. The summed E-state index contributed by atoms with van der Waals surface area (Å²) in [5, 5.41) is 0. The van der Waals surface area contributed by atoms with E-state index in [1.54, 1.807) is 0 Å². The monoisotopic (exact) mass is 206 g/mol. The Balaban J connectivity index is 2.77. The summed E-state index contributed by atoms with van der Waals surface area (Å²) in [5.74, 6) is -0.354. The molecule has 0 amide bonds. The molecule has 0 saturated carbocycles. The smallest absolute Gasteiger partial charge is 0.338 e. The summed E-state index contributed by atoms with van der Waals surface area (Å²) in [6.45, 7) is 3.88. The lowest BCUT2D eigenvalue weighted by Gasteiger charge is -2.08. The molecular weight excluding hydrogens is 192 g/mol. The first-order chi connectivity index (χ1) is 7.16. The molecule has 0 aliphatic rings. The fourth-order valence-corrected chi connectivity index (χ4v) is 1.41. The van der Waals surface area contributed by atoms with Crippen molar-refractivity contribution >= 4 is 12.3 Å². The van der Waals surface area contributed by atoms with Crippen molar-refractivity contribution in [3.8, 4) is 0 Å². The van der Waals surface area contributed by atoms with Gasteiger partial charge in [-0.3, -0.25) is 0 Å². The molecule has 0 unspecified atom stereocenters. The van der Waals surface area contributed by atoms with E-state index in [1.165, 1.54) is 0 Å². The Morgan fingerprint density at radius 1 is 1.33 bits per heavy atom. The van der Waals surface area contributed by atoms with Gasteiger partial charge >= 0.3 is 5.97 Å². The number of rotatable bonds is 4. The van der Waals surface area contributed by atoms with Crippen molar-refractivity contribution in [1.29, 1.82) is 0 Å². The minimum absolute atomic E-state index is 0.149. The Morgan fingerprint density at radius 3 is 2.47 bits per heavy atom. The highest BCUT2D eigenvalue weighted by molar-refractivity contribution is 5.92. The Morgan fingerprint density at radius 2 is 1.93 bits per heavy atom. The summed E-state index contributed by atoms with van der Waals surface area (Å²) in [4.78, 5) is 21.7. The van der Waals surface area contributed by atoms with Crippen LogP contribution in [0, 0.1) is 13.8 Å². The lowest BCUT2D eigenvalue weighted by atomic mass is 10.0. The van der Waals surface area contributed by atoms with Crippen molar-refractivity contribution in [3.63, 3.8) is 0 Å². The van der Waals surface area contributed by atoms with Crippen LogP contribution in [0.4, 0.5) is 0 Å². The van der Waals surface area contributed by atoms with E-state index in [4.69, 9.17) is 4.74 Å². The molecule has 0 aromatic heterocycles. The van der Waals surface area contributed by atoms with Crippen LogP contribution in [-0.2, 0) is 9.53 Å². The summed E-state index contributed by atoms with van der Waals surface area (Å²) in [5.41, 5.74) is 2.39. The number of hydrogen-bond acceptors (Lipinski definition) is 3. The molecule has 3 nitrogen and oxygen atoms in total. The summed E-state index contributed by atoms with van der Waals surface area (Å²) >= 11 is 0. The van der Waals surface area contributed by atoms with Crippen molar-refractivity contribution < 1.29 is 14.3 Å². The van der Waals surface area contributed by atoms with E-state index in [0.717, 1.165) is 17.4 Å². The zero-order valence-corrected chi connectivity index (χ0v) is 8.95. The van der Waals surface area contributed by atoms with Gasteiger partial charge in [0.2, 0.25) is 0 Å². The first-order valence-corrected chi connectivity index (χ1v) is 4.83. The van der Waals surface area contributed by atoms with Gasteiger partial charge in [-0.15, -0.1) is 0 Å². The largest absolute Gasteiger partial charge is 0.462 e. The topological polar surface area (TPSA) is 43.4 Å². The molecule has 0 saturated heterocycles. The highest BCUT2D eigenvalue weighted by Gasteiger charge is 2.12. The van der Waals surface area contributed by atoms with E-state index in [9.17, 15) is 9.59 Å². The van der Waals surface area contributed by atoms with Crippen LogP contribution in [0.1, 0.15) is 27.9 Å². The van der Waals surface area contributed by atoms with Gasteiger partial charge in [-0.2, -0.15) is 0 Å². The molecule has 0 fully saturated rings. The zero-order chi connectivity index (χ0) is 11.3. The zero-order valence-electron chi connectivity index (χ0n) is 8.95. The molecule has 0 spiro atoms. The first kappa shape index (κ1) is 11.4. The third-order valence-corrected chi connectivity index (χ3v) is 2.15. The van der Waals surface area contributed by atoms with Gasteiger partial charge in [0.25, 0.3) is 0 Å². The third kappa shape index (κ3) is 2.91. The Bertz CT molecular complexity index is 349. The quantitative estimate of drug-likeness (QED) is 0.430. The molecule has 15 heavy (non-hydrogen) atoms. The molecule has 0 radical (unpaired) electrons. The molecule has 0 aliphatic carbocycles. The first-order valence-electron chi connectivity index (χ1n) is 4.83. The van der Waals surface area contributed by atoms with E-state index in [1.807, 2.05) is 32.0 Å². The van der Waals surface area contributed by atoms with Crippen molar-refractivity contribution in [1.82, 2.24) is 0 Å². The molecule has 3 heteroatoms. The lowest BCUT2D eigenvalue weighted by Crippen LogP contribution is -2.10. The molecule has 0 heterocycles. The number of aldehydes is 1. The summed E-state index contributed by atoms with van der Waals surface area (Å²) in [7, 11) is 0. The van der Waals surface area contributed by atoms with Gasteiger partial charge < -0.3 is 9.53 Å². The summed E-state index contributed by atoms with van der Waals surface area (Å²) in [6, 6.07) is 5.62. The van der Waals surface area contributed by atoms with Crippen molar-refractivity contribution in [2.24, 2.45) is 0 Å². The summed E-state index contributed by atoms with van der Waals surface area (Å²) < 4.78 is 4.96. The van der Waals surface area contributed by atoms with Gasteiger partial charge in [-0.25, -0.2) is 4.79 Å². The van der Waals surface area contributed by atoms with Gasteiger partial charge in [0.15, 0.2) is 0 Å². The van der Waals surface area contributed by atoms with Crippen molar-refractivity contribution in [3.05, 3.63) is 34.9 Å².